The van der Waals surface area contributed by atoms with E-state index in [-0.39, 0.29) is 16.2 Å². The molecule has 0 aliphatic carbocycles. The number of nitrogens with one attached hydrogen (secondary N) is 2. The Hall–Kier alpha value is -3.26. The van der Waals surface area contributed by atoms with Crippen LogP contribution in [0.1, 0.15) is 34.1 Å². The normalized spacial score (nSPS) is 10.6. The molecule has 0 atom stereocenters. The molecule has 8 heteroatoms. The lowest BCUT2D eigenvalue weighted by molar-refractivity contribution is 0.0600. The number of benzene rings is 2. The Labute approximate surface area is 166 Å². The molecule has 7 nitrogen and oxygen atoms in total. The molecule has 0 aliphatic heterocycles. The number of nitrogens with zero attached hydrogens (tertiary/aromatic N) is 1. The number of methoxy groups -OCH3 is 1. The van der Waals surface area contributed by atoms with Gasteiger partial charge in [-0.15, -0.1) is 0 Å². The number of esters is 1. The van der Waals surface area contributed by atoms with Crippen molar-refractivity contribution in [2.24, 2.45) is 0 Å². The number of rotatable bonds is 5. The molecule has 0 fully saturated rings. The molecular weight excluding hydrogens is 378 g/mol. The van der Waals surface area contributed by atoms with E-state index in [1.54, 1.807) is 30.3 Å². The van der Waals surface area contributed by atoms with Crippen LogP contribution in [0.4, 0.5) is 0 Å². The largest absolute Gasteiger partial charge is 0.465 e. The predicted molar refractivity (Wildman–Crippen MR) is 109 cm³/mol. The van der Waals surface area contributed by atoms with Crippen LogP contribution in [0.5, 0.6) is 0 Å². The number of aromatic amines is 1. The Kier molecular flexibility index (Phi) is 5.70. The Morgan fingerprint density at radius 3 is 2.46 bits per heavy atom. The van der Waals surface area contributed by atoms with Crippen LogP contribution in [-0.2, 0) is 4.74 Å². The first-order valence-electron chi connectivity index (χ1n) is 8.72. The number of hydrogen-bond donors (Lipinski definition) is 2. The Morgan fingerprint density at radius 2 is 1.82 bits per heavy atom. The predicted octanol–water partition coefficient (Wildman–Crippen LogP) is 2.97. The van der Waals surface area contributed by atoms with Crippen molar-refractivity contribution in [3.8, 4) is 5.69 Å². The van der Waals surface area contributed by atoms with Gasteiger partial charge in [-0.25, -0.2) is 4.79 Å². The van der Waals surface area contributed by atoms with E-state index in [2.05, 4.69) is 10.3 Å². The maximum absolute atomic E-state index is 12.9. The maximum Gasteiger partial charge on any atom is 0.337 e. The molecule has 1 aromatic heterocycles. The van der Waals surface area contributed by atoms with Gasteiger partial charge >= 0.3 is 5.97 Å². The number of hydrogen-bond acceptors (Lipinski definition) is 5. The van der Waals surface area contributed by atoms with E-state index in [1.807, 2.05) is 6.92 Å². The Balaban J connectivity index is 2.04. The summed E-state index contributed by atoms with van der Waals surface area (Å²) in [6, 6.07) is 11.2. The average molecular weight is 397 g/mol. The van der Waals surface area contributed by atoms with Gasteiger partial charge in [0, 0.05) is 12.1 Å². The molecule has 144 valence electrons. The molecule has 0 saturated carbocycles. The molecule has 28 heavy (non-hydrogen) atoms. The van der Waals surface area contributed by atoms with Gasteiger partial charge in [-0.3, -0.25) is 14.2 Å². The first kappa shape index (κ1) is 19.5. The van der Waals surface area contributed by atoms with E-state index < -0.39 is 5.97 Å². The molecule has 0 bridgehead atoms. The van der Waals surface area contributed by atoms with Crippen molar-refractivity contribution >= 4 is 35.0 Å². The molecular formula is C20H19N3O4S. The summed E-state index contributed by atoms with van der Waals surface area (Å²) in [4.78, 5) is 39.6. The number of ether oxygens (including phenoxy) is 1. The van der Waals surface area contributed by atoms with Crippen LogP contribution < -0.4 is 10.9 Å². The van der Waals surface area contributed by atoms with E-state index in [0.29, 0.717) is 34.3 Å². The van der Waals surface area contributed by atoms with Gasteiger partial charge in [0.2, 0.25) is 0 Å². The monoisotopic (exact) mass is 397 g/mol. The van der Waals surface area contributed by atoms with Gasteiger partial charge in [-0.2, -0.15) is 0 Å². The molecule has 0 spiro atoms. The molecule has 3 rings (SSSR count). The zero-order chi connectivity index (χ0) is 20.3. The highest BCUT2D eigenvalue weighted by molar-refractivity contribution is 7.71. The van der Waals surface area contributed by atoms with Crippen molar-refractivity contribution in [3.63, 3.8) is 0 Å². The molecule has 0 aliphatic rings. The highest BCUT2D eigenvalue weighted by Crippen LogP contribution is 2.14. The van der Waals surface area contributed by atoms with Crippen LogP contribution in [0.2, 0.25) is 0 Å². The summed E-state index contributed by atoms with van der Waals surface area (Å²) in [7, 11) is 1.29. The van der Waals surface area contributed by atoms with Gasteiger partial charge < -0.3 is 15.0 Å². The quantitative estimate of drug-likeness (QED) is 0.510. The second-order valence-electron chi connectivity index (χ2n) is 6.13. The fraction of sp³-hybridized carbons (Fsp3) is 0.200. The van der Waals surface area contributed by atoms with Crippen molar-refractivity contribution < 1.29 is 14.3 Å². The van der Waals surface area contributed by atoms with Crippen LogP contribution in [0, 0.1) is 4.77 Å². The highest BCUT2D eigenvalue weighted by Gasteiger charge is 2.12. The van der Waals surface area contributed by atoms with Crippen LogP contribution in [0.15, 0.2) is 47.3 Å². The maximum atomic E-state index is 12.9. The van der Waals surface area contributed by atoms with Gasteiger partial charge in [0.25, 0.3) is 11.5 Å². The standard InChI is InChI=1S/C20H19N3O4S/c1-3-10-21-17(24)12-4-7-14(8-5-12)23-18(25)15-9-6-13(19(26)27-2)11-16(15)22-20(23)28/h4-9,11H,3,10H2,1-2H3,(H,21,24)(H,22,28). The Morgan fingerprint density at radius 1 is 1.14 bits per heavy atom. The molecule has 1 heterocycles. The third-order valence-corrected chi connectivity index (χ3v) is 4.53. The van der Waals surface area contributed by atoms with Crippen LogP contribution in [0.3, 0.4) is 0 Å². The summed E-state index contributed by atoms with van der Waals surface area (Å²) < 4.78 is 6.23. The minimum absolute atomic E-state index is 0.167. The summed E-state index contributed by atoms with van der Waals surface area (Å²) in [6.07, 6.45) is 0.850. The molecule has 0 saturated heterocycles. The molecule has 0 unspecified atom stereocenters. The fourth-order valence-electron chi connectivity index (χ4n) is 2.80. The van der Waals surface area contributed by atoms with Crippen molar-refractivity contribution in [1.29, 1.82) is 0 Å². The first-order valence-corrected chi connectivity index (χ1v) is 9.13. The highest BCUT2D eigenvalue weighted by atomic mass is 32.1. The Bertz CT molecular complexity index is 1160. The smallest absolute Gasteiger partial charge is 0.337 e. The second-order valence-corrected chi connectivity index (χ2v) is 6.51. The van der Waals surface area contributed by atoms with Crippen molar-refractivity contribution in [2.75, 3.05) is 13.7 Å². The lowest BCUT2D eigenvalue weighted by atomic mass is 10.1. The summed E-state index contributed by atoms with van der Waals surface area (Å²) in [6.45, 7) is 2.58. The van der Waals surface area contributed by atoms with Crippen molar-refractivity contribution in [2.45, 2.75) is 13.3 Å². The van der Waals surface area contributed by atoms with E-state index in [9.17, 15) is 14.4 Å². The number of aromatic nitrogens is 2. The number of fused-ring (bicyclic) bond motifs is 1. The van der Waals surface area contributed by atoms with E-state index in [0.717, 1.165) is 6.42 Å². The minimum atomic E-state index is -0.498. The SMILES string of the molecule is CCCNC(=O)c1ccc(-n2c(=S)[nH]c3cc(C(=O)OC)ccc3c2=O)cc1. The summed E-state index contributed by atoms with van der Waals surface area (Å²) in [5.74, 6) is -0.665. The zero-order valence-corrected chi connectivity index (χ0v) is 16.3. The van der Waals surface area contributed by atoms with Gasteiger partial charge in [0.15, 0.2) is 4.77 Å². The molecule has 2 N–H and O–H groups in total. The number of carbonyl (C=O) groups excluding carboxylic acids is 2. The van der Waals surface area contributed by atoms with Gasteiger partial charge in [-0.05, 0) is 61.1 Å². The topological polar surface area (TPSA) is 93.2 Å². The third kappa shape index (κ3) is 3.72. The van der Waals surface area contributed by atoms with E-state index in [4.69, 9.17) is 17.0 Å². The molecule has 0 radical (unpaired) electrons. The second kappa shape index (κ2) is 8.18. The summed E-state index contributed by atoms with van der Waals surface area (Å²) >= 11 is 5.34. The number of amides is 1. The average Bonchev–Trinajstić information content (AvgIpc) is 2.71. The fourth-order valence-corrected chi connectivity index (χ4v) is 3.10. The summed E-state index contributed by atoms with van der Waals surface area (Å²) in [5, 5.41) is 3.18. The molecule has 2 aromatic carbocycles. The third-order valence-electron chi connectivity index (χ3n) is 4.24. The molecule has 3 aromatic rings. The number of H-pyrrole nitrogens is 1. The minimum Gasteiger partial charge on any atom is -0.465 e. The molecule has 1 amide bonds. The van der Waals surface area contributed by atoms with E-state index >= 15 is 0 Å². The van der Waals surface area contributed by atoms with Gasteiger partial charge in [0.05, 0.1) is 29.3 Å². The lowest BCUT2D eigenvalue weighted by Crippen LogP contribution is -2.24. The summed E-state index contributed by atoms with van der Waals surface area (Å²) in [5.41, 5.74) is 1.49. The first-order chi connectivity index (χ1) is 13.5. The zero-order valence-electron chi connectivity index (χ0n) is 15.4. The number of carbonyl (C=O) groups is 2. The van der Waals surface area contributed by atoms with Crippen LogP contribution in [-0.4, -0.2) is 35.1 Å². The van der Waals surface area contributed by atoms with Crippen LogP contribution >= 0.6 is 12.2 Å². The van der Waals surface area contributed by atoms with Gasteiger partial charge in [0.1, 0.15) is 0 Å². The van der Waals surface area contributed by atoms with Crippen molar-refractivity contribution in [3.05, 3.63) is 68.7 Å². The van der Waals surface area contributed by atoms with Crippen LogP contribution in [0.25, 0.3) is 16.6 Å². The van der Waals surface area contributed by atoms with Crippen molar-refractivity contribution in [1.82, 2.24) is 14.9 Å². The lowest BCUT2D eigenvalue weighted by Gasteiger charge is -2.10. The van der Waals surface area contributed by atoms with Gasteiger partial charge in [-0.1, -0.05) is 6.92 Å². The van der Waals surface area contributed by atoms with E-state index in [1.165, 1.54) is 23.8 Å².